The van der Waals surface area contributed by atoms with Crippen LogP contribution in [-0.2, 0) is 28.5 Å². The van der Waals surface area contributed by atoms with E-state index in [1.807, 2.05) is 6.08 Å². The summed E-state index contributed by atoms with van der Waals surface area (Å²) in [5.74, 6) is -2.08. The Morgan fingerprint density at radius 1 is 1.08 bits per heavy atom. The predicted molar refractivity (Wildman–Crippen MR) is 89.2 cm³/mol. The van der Waals surface area contributed by atoms with Crippen molar-refractivity contribution in [2.24, 2.45) is 0 Å². The summed E-state index contributed by atoms with van der Waals surface area (Å²) in [6, 6.07) is 0. The molecule has 0 unspecified atom stereocenters. The van der Waals surface area contributed by atoms with Crippen molar-refractivity contribution in [2.75, 3.05) is 21.3 Å². The van der Waals surface area contributed by atoms with Crippen LogP contribution in [0.15, 0.2) is 46.3 Å². The number of hydrogen-bond acceptors (Lipinski definition) is 6. The largest absolute Gasteiger partial charge is 0.466 e. The molecule has 3 aliphatic rings. The molecule has 6 nitrogen and oxygen atoms in total. The lowest BCUT2D eigenvalue weighted by atomic mass is 9.86. The Bertz CT molecular complexity index is 724. The molecular weight excluding hydrogens is 324 g/mol. The second kappa shape index (κ2) is 6.88. The maximum absolute atomic E-state index is 12.5. The molecule has 2 bridgehead atoms. The minimum absolute atomic E-state index is 0.0201. The first-order chi connectivity index (χ1) is 12.1. The number of methoxy groups -OCH3 is 3. The molecule has 6 heteroatoms. The highest BCUT2D eigenvalue weighted by molar-refractivity contribution is 6.02. The van der Waals surface area contributed by atoms with Crippen LogP contribution in [0.2, 0.25) is 0 Å². The van der Waals surface area contributed by atoms with Crippen molar-refractivity contribution >= 4 is 11.9 Å². The SMILES string of the molecule is COC(=O)/C1=C(\C(=O)OC)[C@]2(OC)C=C/C(=C3\CCCC\C3=C\C1)O2. The quantitative estimate of drug-likeness (QED) is 0.732. The van der Waals surface area contributed by atoms with Crippen molar-refractivity contribution in [3.8, 4) is 0 Å². The monoisotopic (exact) mass is 346 g/mol. The van der Waals surface area contributed by atoms with Crippen molar-refractivity contribution in [1.82, 2.24) is 0 Å². The van der Waals surface area contributed by atoms with Crippen LogP contribution in [0.25, 0.3) is 0 Å². The van der Waals surface area contributed by atoms with E-state index in [1.165, 1.54) is 21.3 Å². The lowest BCUT2D eigenvalue weighted by Gasteiger charge is -2.29. The van der Waals surface area contributed by atoms with Gasteiger partial charge in [-0.25, -0.2) is 9.59 Å². The Balaban J connectivity index is 2.24. The predicted octanol–water partition coefficient (Wildman–Crippen LogP) is 2.72. The van der Waals surface area contributed by atoms with Crippen molar-refractivity contribution in [1.29, 1.82) is 0 Å². The number of rotatable bonds is 3. The third-order valence-corrected chi connectivity index (χ3v) is 4.85. The zero-order chi connectivity index (χ0) is 18.0. The van der Waals surface area contributed by atoms with Gasteiger partial charge in [-0.3, -0.25) is 0 Å². The van der Waals surface area contributed by atoms with E-state index < -0.39 is 17.7 Å². The number of carbonyl (C=O) groups is 2. The number of hydrogen-bond donors (Lipinski definition) is 0. The summed E-state index contributed by atoms with van der Waals surface area (Å²) >= 11 is 0. The standard InChI is InChI=1S/C19H22O6/c1-22-17(20)14-9-8-12-6-4-5-7-13(12)15-10-11-19(24-3,25-15)16(14)18(21)23-2/h8,10-11H,4-7,9H2,1-3H3/b12-8-,15-13-,16-14+/t19-/m0/s1. The molecule has 1 fully saturated rings. The Labute approximate surface area is 146 Å². The van der Waals surface area contributed by atoms with Gasteiger partial charge in [0.05, 0.1) is 19.8 Å². The number of fused-ring (bicyclic) bond motifs is 3. The summed E-state index contributed by atoms with van der Waals surface area (Å²) in [5.41, 5.74) is 2.45. The molecule has 0 aromatic heterocycles. The second-order valence-corrected chi connectivity index (χ2v) is 6.13. The van der Waals surface area contributed by atoms with Gasteiger partial charge in [0.1, 0.15) is 11.3 Å². The minimum atomic E-state index is -1.49. The van der Waals surface area contributed by atoms with Gasteiger partial charge < -0.3 is 18.9 Å². The lowest BCUT2D eigenvalue weighted by Crippen LogP contribution is -2.38. The second-order valence-electron chi connectivity index (χ2n) is 6.13. The molecule has 0 N–H and O–H groups in total. The van der Waals surface area contributed by atoms with Crippen LogP contribution in [0.4, 0.5) is 0 Å². The fourth-order valence-electron chi connectivity index (χ4n) is 3.57. The summed E-state index contributed by atoms with van der Waals surface area (Å²) in [4.78, 5) is 24.9. The van der Waals surface area contributed by atoms with Crippen LogP contribution >= 0.6 is 0 Å². The molecule has 134 valence electrons. The summed E-state index contributed by atoms with van der Waals surface area (Å²) in [7, 11) is 3.98. The van der Waals surface area contributed by atoms with Gasteiger partial charge >= 0.3 is 11.9 Å². The van der Waals surface area contributed by atoms with Crippen molar-refractivity contribution in [2.45, 2.75) is 37.9 Å². The molecule has 0 aromatic rings. The fraction of sp³-hybridized carbons (Fsp3) is 0.474. The van der Waals surface area contributed by atoms with Crippen molar-refractivity contribution < 1.29 is 28.5 Å². The van der Waals surface area contributed by atoms with Crippen LogP contribution in [0.3, 0.4) is 0 Å². The normalized spacial score (nSPS) is 33.2. The lowest BCUT2D eigenvalue weighted by molar-refractivity contribution is -0.155. The molecule has 3 rings (SSSR count). The highest BCUT2D eigenvalue weighted by Gasteiger charge is 2.47. The fourth-order valence-corrected chi connectivity index (χ4v) is 3.57. The number of ether oxygens (including phenoxy) is 4. The Morgan fingerprint density at radius 3 is 2.48 bits per heavy atom. The van der Waals surface area contributed by atoms with Crippen LogP contribution < -0.4 is 0 Å². The molecule has 1 aliphatic carbocycles. The molecule has 0 aromatic carbocycles. The van der Waals surface area contributed by atoms with Crippen molar-refractivity contribution in [3.63, 3.8) is 0 Å². The Morgan fingerprint density at radius 2 is 1.80 bits per heavy atom. The topological polar surface area (TPSA) is 71.1 Å². The number of carbonyl (C=O) groups excluding carboxylic acids is 2. The first-order valence-corrected chi connectivity index (χ1v) is 8.32. The van der Waals surface area contributed by atoms with E-state index in [2.05, 4.69) is 0 Å². The highest BCUT2D eigenvalue weighted by atomic mass is 16.7. The average Bonchev–Trinajstić information content (AvgIpc) is 3.10. The maximum atomic E-state index is 12.5. The third kappa shape index (κ3) is 2.91. The van der Waals surface area contributed by atoms with Crippen molar-refractivity contribution in [3.05, 3.63) is 46.3 Å². The average molecular weight is 346 g/mol. The van der Waals surface area contributed by atoms with Crippen LogP contribution in [0.5, 0.6) is 0 Å². The van der Waals surface area contributed by atoms with E-state index >= 15 is 0 Å². The Kier molecular flexibility index (Phi) is 4.81. The van der Waals surface area contributed by atoms with E-state index in [-0.39, 0.29) is 17.6 Å². The van der Waals surface area contributed by atoms with Gasteiger partial charge in [-0.15, -0.1) is 0 Å². The van der Waals surface area contributed by atoms with Gasteiger partial charge in [-0.2, -0.15) is 0 Å². The zero-order valence-electron chi connectivity index (χ0n) is 14.7. The molecule has 0 saturated heterocycles. The van der Waals surface area contributed by atoms with E-state index in [0.717, 1.165) is 36.8 Å². The molecule has 25 heavy (non-hydrogen) atoms. The third-order valence-electron chi connectivity index (χ3n) is 4.85. The van der Waals surface area contributed by atoms with E-state index in [0.29, 0.717) is 5.76 Å². The van der Waals surface area contributed by atoms with Gasteiger partial charge in [-0.05, 0) is 55.4 Å². The summed E-state index contributed by atoms with van der Waals surface area (Å²) in [6.45, 7) is 0. The van der Waals surface area contributed by atoms with E-state index in [4.69, 9.17) is 18.9 Å². The molecule has 0 amide bonds. The van der Waals surface area contributed by atoms with Gasteiger partial charge in [-0.1, -0.05) is 6.08 Å². The number of esters is 2. The summed E-state index contributed by atoms with van der Waals surface area (Å²) in [5, 5.41) is 0. The van der Waals surface area contributed by atoms with Crippen LogP contribution in [-0.4, -0.2) is 39.1 Å². The molecule has 0 radical (unpaired) electrons. The molecular formula is C19H22O6. The molecule has 2 aliphatic heterocycles. The zero-order valence-corrected chi connectivity index (χ0v) is 14.7. The first kappa shape index (κ1) is 17.5. The molecule has 2 heterocycles. The van der Waals surface area contributed by atoms with Gasteiger partial charge in [0.25, 0.3) is 5.79 Å². The maximum Gasteiger partial charge on any atom is 0.341 e. The molecule has 1 atom stereocenters. The molecule has 1 saturated carbocycles. The first-order valence-electron chi connectivity index (χ1n) is 8.32. The Hall–Kier alpha value is -2.34. The smallest absolute Gasteiger partial charge is 0.341 e. The summed E-state index contributed by atoms with van der Waals surface area (Å²) < 4.78 is 21.5. The van der Waals surface area contributed by atoms with Gasteiger partial charge in [0, 0.05) is 7.11 Å². The molecule has 0 spiro atoms. The van der Waals surface area contributed by atoms with Gasteiger partial charge in [0.15, 0.2) is 0 Å². The van der Waals surface area contributed by atoms with E-state index in [9.17, 15) is 9.59 Å². The minimum Gasteiger partial charge on any atom is -0.466 e. The number of allylic oxidation sites excluding steroid dienone is 4. The van der Waals surface area contributed by atoms with Crippen LogP contribution in [0.1, 0.15) is 32.1 Å². The highest BCUT2D eigenvalue weighted by Crippen LogP contribution is 2.43. The van der Waals surface area contributed by atoms with Gasteiger partial charge in [0.2, 0.25) is 0 Å². The van der Waals surface area contributed by atoms with E-state index in [1.54, 1.807) is 12.2 Å². The van der Waals surface area contributed by atoms with Crippen LogP contribution in [0, 0.1) is 0 Å². The summed E-state index contributed by atoms with van der Waals surface area (Å²) in [6.07, 6.45) is 9.68.